The number of amides is 1. The van der Waals surface area contributed by atoms with E-state index in [1.54, 1.807) is 0 Å². The van der Waals surface area contributed by atoms with E-state index < -0.39 is 0 Å². The second-order valence-electron chi connectivity index (χ2n) is 5.78. The predicted molar refractivity (Wildman–Crippen MR) is 87.2 cm³/mol. The summed E-state index contributed by atoms with van der Waals surface area (Å²) in [7, 11) is 0. The third-order valence-corrected chi connectivity index (χ3v) is 3.46. The van der Waals surface area contributed by atoms with Crippen molar-refractivity contribution in [2.24, 2.45) is 5.92 Å². The molecule has 0 atom stereocenters. The van der Waals surface area contributed by atoms with Crippen LogP contribution in [0.15, 0.2) is 30.5 Å². The van der Waals surface area contributed by atoms with Gasteiger partial charge in [0, 0.05) is 30.2 Å². The maximum atomic E-state index is 12.0. The van der Waals surface area contributed by atoms with Crippen molar-refractivity contribution in [3.05, 3.63) is 36.0 Å². The minimum atomic E-state index is 0.0689. The molecule has 0 aliphatic heterocycles. The van der Waals surface area contributed by atoms with E-state index in [1.165, 1.54) is 10.9 Å². The summed E-state index contributed by atoms with van der Waals surface area (Å²) >= 11 is 0. The molecule has 0 aliphatic rings. The molecule has 0 radical (unpaired) electrons. The molecule has 0 fully saturated rings. The Morgan fingerprint density at radius 2 is 2.05 bits per heavy atom. The number of benzene rings is 1. The molecule has 1 heterocycles. The fourth-order valence-corrected chi connectivity index (χ4v) is 2.38. The molecule has 21 heavy (non-hydrogen) atoms. The molecule has 0 saturated heterocycles. The fourth-order valence-electron chi connectivity index (χ4n) is 2.38. The van der Waals surface area contributed by atoms with Crippen molar-refractivity contribution in [3.8, 4) is 0 Å². The van der Waals surface area contributed by atoms with E-state index in [9.17, 15) is 4.79 Å². The summed E-state index contributed by atoms with van der Waals surface area (Å²) in [4.78, 5) is 12.0. The number of fused-ring (bicyclic) bond motifs is 1. The molecule has 0 bridgehead atoms. The van der Waals surface area contributed by atoms with Crippen LogP contribution < -0.4 is 10.6 Å². The molecular weight excluding hydrogens is 262 g/mol. The number of hydrogen-bond acceptors (Lipinski definition) is 2. The Labute approximate surface area is 126 Å². The normalized spacial score (nSPS) is 11.2. The van der Waals surface area contributed by atoms with E-state index in [0.717, 1.165) is 25.2 Å². The van der Waals surface area contributed by atoms with E-state index >= 15 is 0 Å². The lowest BCUT2D eigenvalue weighted by Crippen LogP contribution is -2.30. The molecule has 0 unspecified atom stereocenters. The number of carbonyl (C=O) groups is 1. The van der Waals surface area contributed by atoms with Crippen LogP contribution in [0.1, 0.15) is 26.3 Å². The number of hydrogen-bond donors (Lipinski definition) is 2. The van der Waals surface area contributed by atoms with E-state index in [1.807, 2.05) is 16.7 Å². The Balaban J connectivity index is 2.17. The van der Waals surface area contributed by atoms with Crippen molar-refractivity contribution in [1.29, 1.82) is 0 Å². The van der Waals surface area contributed by atoms with Gasteiger partial charge in [-0.2, -0.15) is 0 Å². The fraction of sp³-hybridized carbons (Fsp3) is 0.471. The lowest BCUT2D eigenvalue weighted by Gasteiger charge is -2.09. The van der Waals surface area contributed by atoms with Crippen LogP contribution in [0.2, 0.25) is 0 Å². The first kappa shape index (κ1) is 15.6. The van der Waals surface area contributed by atoms with Crippen molar-refractivity contribution < 1.29 is 4.79 Å². The van der Waals surface area contributed by atoms with Crippen LogP contribution >= 0.6 is 0 Å². The summed E-state index contributed by atoms with van der Waals surface area (Å²) in [5, 5.41) is 7.54. The van der Waals surface area contributed by atoms with Gasteiger partial charge in [0.05, 0.1) is 0 Å². The highest BCUT2D eigenvalue weighted by atomic mass is 16.1. The zero-order valence-corrected chi connectivity index (χ0v) is 13.1. The first-order chi connectivity index (χ1) is 10.1. The summed E-state index contributed by atoms with van der Waals surface area (Å²) in [5.41, 5.74) is 2.36. The van der Waals surface area contributed by atoms with Gasteiger partial charge in [-0.3, -0.25) is 4.79 Å². The molecule has 4 nitrogen and oxygen atoms in total. The smallest absolute Gasteiger partial charge is 0.239 e. The number of carbonyl (C=O) groups excluding carboxylic acids is 1. The molecule has 0 spiro atoms. The number of para-hydroxylation sites is 1. The Kier molecular flexibility index (Phi) is 5.39. The Morgan fingerprint density at radius 1 is 1.29 bits per heavy atom. The molecule has 0 saturated carbocycles. The molecule has 1 aromatic carbocycles. The molecule has 1 amide bonds. The number of rotatable bonds is 7. The van der Waals surface area contributed by atoms with Gasteiger partial charge in [-0.15, -0.1) is 0 Å². The van der Waals surface area contributed by atoms with Gasteiger partial charge in [0.2, 0.25) is 5.91 Å². The zero-order valence-electron chi connectivity index (χ0n) is 13.1. The van der Waals surface area contributed by atoms with Crippen molar-refractivity contribution in [2.75, 3.05) is 13.1 Å². The monoisotopic (exact) mass is 287 g/mol. The quantitative estimate of drug-likeness (QED) is 0.822. The summed E-state index contributed by atoms with van der Waals surface area (Å²) in [6.45, 7) is 9.16. The van der Waals surface area contributed by atoms with Crippen LogP contribution in [0.3, 0.4) is 0 Å². The summed E-state index contributed by atoms with van der Waals surface area (Å²) in [5.74, 6) is 0.541. The third-order valence-electron chi connectivity index (χ3n) is 3.46. The SMILES string of the molecule is CCNCc1cn(CC(=O)NCC(C)C)c2ccccc12. The lowest BCUT2D eigenvalue weighted by molar-refractivity contribution is -0.121. The first-order valence-electron chi connectivity index (χ1n) is 7.66. The van der Waals surface area contributed by atoms with Crippen molar-refractivity contribution >= 4 is 16.8 Å². The molecule has 114 valence electrons. The van der Waals surface area contributed by atoms with E-state index in [4.69, 9.17) is 0 Å². The average molecular weight is 287 g/mol. The Hall–Kier alpha value is -1.81. The van der Waals surface area contributed by atoms with Gasteiger partial charge in [0.15, 0.2) is 0 Å². The largest absolute Gasteiger partial charge is 0.354 e. The molecule has 4 heteroatoms. The van der Waals surface area contributed by atoms with Crippen LogP contribution in [0.4, 0.5) is 0 Å². The standard InChI is InChI=1S/C17H25N3O/c1-4-18-10-14-11-20(12-17(21)19-9-13(2)3)16-8-6-5-7-15(14)16/h5-8,11,13,18H,4,9-10,12H2,1-3H3,(H,19,21). The van der Waals surface area contributed by atoms with Crippen LogP contribution in [0.25, 0.3) is 10.9 Å². The number of nitrogens with zero attached hydrogens (tertiary/aromatic N) is 1. The van der Waals surface area contributed by atoms with Gasteiger partial charge in [0.25, 0.3) is 0 Å². The maximum absolute atomic E-state index is 12.0. The van der Waals surface area contributed by atoms with E-state index in [0.29, 0.717) is 12.5 Å². The van der Waals surface area contributed by atoms with Crippen LogP contribution in [-0.2, 0) is 17.9 Å². The lowest BCUT2D eigenvalue weighted by atomic mass is 10.2. The number of aromatic nitrogens is 1. The second kappa shape index (κ2) is 7.27. The number of nitrogens with one attached hydrogen (secondary N) is 2. The minimum absolute atomic E-state index is 0.0689. The predicted octanol–water partition coefficient (Wildman–Crippen LogP) is 2.52. The molecule has 2 N–H and O–H groups in total. The highest BCUT2D eigenvalue weighted by Gasteiger charge is 2.10. The van der Waals surface area contributed by atoms with Crippen molar-refractivity contribution in [1.82, 2.24) is 15.2 Å². The topological polar surface area (TPSA) is 46.1 Å². The van der Waals surface area contributed by atoms with Crippen molar-refractivity contribution in [3.63, 3.8) is 0 Å². The van der Waals surface area contributed by atoms with E-state index in [2.05, 4.69) is 49.7 Å². The highest BCUT2D eigenvalue weighted by molar-refractivity contribution is 5.86. The van der Waals surface area contributed by atoms with Gasteiger partial charge in [0.1, 0.15) is 6.54 Å². The van der Waals surface area contributed by atoms with Crippen LogP contribution in [-0.4, -0.2) is 23.6 Å². The third kappa shape index (κ3) is 4.08. The molecule has 2 rings (SSSR count). The minimum Gasteiger partial charge on any atom is -0.354 e. The van der Waals surface area contributed by atoms with Gasteiger partial charge < -0.3 is 15.2 Å². The van der Waals surface area contributed by atoms with Gasteiger partial charge in [-0.25, -0.2) is 0 Å². The van der Waals surface area contributed by atoms with E-state index in [-0.39, 0.29) is 5.91 Å². The maximum Gasteiger partial charge on any atom is 0.239 e. The van der Waals surface area contributed by atoms with Crippen molar-refractivity contribution in [2.45, 2.75) is 33.9 Å². The molecule has 2 aromatic rings. The van der Waals surface area contributed by atoms with Crippen LogP contribution in [0.5, 0.6) is 0 Å². The Bertz CT molecular complexity index is 601. The van der Waals surface area contributed by atoms with Gasteiger partial charge >= 0.3 is 0 Å². The highest BCUT2D eigenvalue weighted by Crippen LogP contribution is 2.21. The van der Waals surface area contributed by atoms with Gasteiger partial charge in [-0.1, -0.05) is 39.0 Å². The van der Waals surface area contributed by atoms with Gasteiger partial charge in [-0.05, 0) is 24.1 Å². The Morgan fingerprint density at radius 3 is 2.76 bits per heavy atom. The molecule has 0 aliphatic carbocycles. The zero-order chi connectivity index (χ0) is 15.2. The summed E-state index contributed by atoms with van der Waals surface area (Å²) in [6, 6.07) is 8.24. The average Bonchev–Trinajstić information content (AvgIpc) is 2.81. The summed E-state index contributed by atoms with van der Waals surface area (Å²) < 4.78 is 2.04. The first-order valence-corrected chi connectivity index (χ1v) is 7.66. The molecular formula is C17H25N3O. The summed E-state index contributed by atoms with van der Waals surface area (Å²) in [6.07, 6.45) is 2.09. The second-order valence-corrected chi connectivity index (χ2v) is 5.78. The van der Waals surface area contributed by atoms with Crippen LogP contribution in [0, 0.1) is 5.92 Å². The molecule has 1 aromatic heterocycles.